The molecule has 3 aromatic rings. The Hall–Kier alpha value is -3.21. The summed E-state index contributed by atoms with van der Waals surface area (Å²) in [5.41, 5.74) is 1.52. The number of carbonyl (C=O) groups excluding carboxylic acids is 3. The molecule has 1 aliphatic heterocycles. The summed E-state index contributed by atoms with van der Waals surface area (Å²) in [5, 5.41) is 5.25. The smallest absolute Gasteiger partial charge is 0.325 e. The third kappa shape index (κ3) is 5.61. The van der Waals surface area contributed by atoms with Gasteiger partial charge in [0.1, 0.15) is 12.6 Å². The number of rotatable bonds is 7. The number of esters is 1. The Balaban J connectivity index is 1.55. The number of H-pyrrole nitrogens is 1. The van der Waals surface area contributed by atoms with Crippen molar-refractivity contribution in [2.45, 2.75) is 32.4 Å². The molecule has 0 bridgehead atoms. The molecule has 4 rings (SSSR count). The van der Waals surface area contributed by atoms with Crippen LogP contribution in [0.25, 0.3) is 21.8 Å². The second kappa shape index (κ2) is 10.4. The number of benzene rings is 1. The van der Waals surface area contributed by atoms with E-state index in [1.54, 1.807) is 30.3 Å². The number of pyridine rings is 1. The molecule has 1 aromatic carbocycles. The number of aromatic nitrogens is 2. The average Bonchev–Trinajstić information content (AvgIpc) is 3.17. The van der Waals surface area contributed by atoms with Gasteiger partial charge >= 0.3 is 5.97 Å². The van der Waals surface area contributed by atoms with Crippen LogP contribution in [0.1, 0.15) is 20.8 Å². The fourth-order valence-corrected chi connectivity index (χ4v) is 4.60. The van der Waals surface area contributed by atoms with Crippen LogP contribution in [0.15, 0.2) is 30.6 Å². The summed E-state index contributed by atoms with van der Waals surface area (Å²) in [4.78, 5) is 48.7. The van der Waals surface area contributed by atoms with Crippen molar-refractivity contribution in [1.29, 1.82) is 0 Å². The number of nitrogens with zero attached hydrogens (tertiary/aromatic N) is 3. The lowest BCUT2D eigenvalue weighted by atomic mass is 10.0. The number of amides is 2. The van der Waals surface area contributed by atoms with Gasteiger partial charge in [0, 0.05) is 35.6 Å². The summed E-state index contributed by atoms with van der Waals surface area (Å²) in [6, 6.07) is 4.67. The molecule has 2 amide bonds. The van der Waals surface area contributed by atoms with Gasteiger partial charge < -0.3 is 24.7 Å². The fourth-order valence-electron chi connectivity index (χ4n) is 4.38. The van der Waals surface area contributed by atoms with Crippen LogP contribution in [0.4, 0.5) is 5.69 Å². The Morgan fingerprint density at radius 3 is 2.86 bits per heavy atom. The highest BCUT2D eigenvalue weighted by atomic mass is 35.5. The van der Waals surface area contributed by atoms with E-state index < -0.39 is 17.6 Å². The molecule has 192 valence electrons. The number of anilines is 1. The van der Waals surface area contributed by atoms with E-state index in [9.17, 15) is 14.4 Å². The molecule has 0 aliphatic carbocycles. The van der Waals surface area contributed by atoms with Crippen LogP contribution in [0, 0.1) is 0 Å². The van der Waals surface area contributed by atoms with E-state index in [1.807, 2.05) is 26.0 Å². The van der Waals surface area contributed by atoms with Crippen LogP contribution >= 0.6 is 11.6 Å². The van der Waals surface area contributed by atoms with E-state index in [1.165, 1.54) is 11.9 Å². The standard InChI is InChI=1S/C25H30ClN5O5/c1-5-35-22(33)12-30(4)21(32)11-31-14-25(2,3)36-13-20(31)24(34)29-18-9-15(26)8-17-16-6-7-27-10-19(16)28-23(17)18/h6-10,20,28H,5,11-14H2,1-4H3,(H,29,34)/t20-/m0/s1. The molecule has 10 nitrogen and oxygen atoms in total. The monoisotopic (exact) mass is 515 g/mol. The van der Waals surface area contributed by atoms with Crippen molar-refractivity contribution in [1.82, 2.24) is 19.8 Å². The Morgan fingerprint density at radius 2 is 2.11 bits per heavy atom. The molecule has 0 spiro atoms. The van der Waals surface area contributed by atoms with E-state index in [-0.39, 0.29) is 38.1 Å². The molecular formula is C25H30ClN5O5. The largest absolute Gasteiger partial charge is 0.465 e. The van der Waals surface area contributed by atoms with Gasteiger partial charge in [-0.05, 0) is 39.0 Å². The predicted octanol–water partition coefficient (Wildman–Crippen LogP) is 2.81. The number of carbonyl (C=O) groups is 3. The van der Waals surface area contributed by atoms with Crippen LogP contribution in [-0.4, -0.2) is 89.1 Å². The first kappa shape index (κ1) is 25.9. The number of aromatic amines is 1. The third-order valence-electron chi connectivity index (χ3n) is 6.13. The first-order chi connectivity index (χ1) is 17.1. The van der Waals surface area contributed by atoms with Gasteiger partial charge in [-0.15, -0.1) is 0 Å². The summed E-state index contributed by atoms with van der Waals surface area (Å²) in [5.74, 6) is -1.11. The molecule has 1 atom stereocenters. The number of nitrogens with one attached hydrogen (secondary N) is 2. The zero-order valence-electron chi connectivity index (χ0n) is 20.8. The molecule has 1 aliphatic rings. The van der Waals surface area contributed by atoms with Gasteiger partial charge in [0.05, 0.1) is 48.3 Å². The van der Waals surface area contributed by atoms with Crippen molar-refractivity contribution < 1.29 is 23.9 Å². The van der Waals surface area contributed by atoms with Gasteiger partial charge in [-0.25, -0.2) is 0 Å². The third-order valence-corrected chi connectivity index (χ3v) is 6.35. The quantitative estimate of drug-likeness (QED) is 0.465. The van der Waals surface area contributed by atoms with Gasteiger partial charge in [-0.2, -0.15) is 0 Å². The minimum Gasteiger partial charge on any atom is -0.465 e. The lowest BCUT2D eigenvalue weighted by Crippen LogP contribution is -2.60. The van der Waals surface area contributed by atoms with Crippen molar-refractivity contribution >= 4 is 56.9 Å². The number of hydrogen-bond acceptors (Lipinski definition) is 7. The number of morpholine rings is 1. The number of likely N-dealkylation sites (N-methyl/N-ethyl adjacent to an activating group) is 1. The molecule has 0 saturated carbocycles. The van der Waals surface area contributed by atoms with Gasteiger partial charge in [0.25, 0.3) is 0 Å². The van der Waals surface area contributed by atoms with Gasteiger partial charge in [-0.3, -0.25) is 24.3 Å². The molecule has 1 fully saturated rings. The predicted molar refractivity (Wildman–Crippen MR) is 137 cm³/mol. The molecule has 0 unspecified atom stereocenters. The minimum absolute atomic E-state index is 0.0518. The minimum atomic E-state index is -0.724. The van der Waals surface area contributed by atoms with E-state index in [4.69, 9.17) is 21.1 Å². The maximum atomic E-state index is 13.5. The fraction of sp³-hybridized carbons (Fsp3) is 0.440. The van der Waals surface area contributed by atoms with Crippen LogP contribution in [-0.2, 0) is 23.9 Å². The first-order valence-corrected chi connectivity index (χ1v) is 12.1. The van der Waals surface area contributed by atoms with Crippen LogP contribution in [0.3, 0.4) is 0 Å². The Bertz CT molecular complexity index is 1310. The molecule has 3 heterocycles. The molecule has 2 N–H and O–H groups in total. The molecule has 11 heteroatoms. The van der Waals surface area contributed by atoms with Crippen LogP contribution in [0.5, 0.6) is 0 Å². The summed E-state index contributed by atoms with van der Waals surface area (Å²) >= 11 is 6.38. The van der Waals surface area contributed by atoms with Crippen molar-refractivity contribution in [3.05, 3.63) is 35.6 Å². The van der Waals surface area contributed by atoms with Crippen LogP contribution < -0.4 is 5.32 Å². The molecular weight excluding hydrogens is 486 g/mol. The molecule has 0 radical (unpaired) electrons. The zero-order chi connectivity index (χ0) is 26.0. The summed E-state index contributed by atoms with van der Waals surface area (Å²) in [6.45, 7) is 6.00. The zero-order valence-corrected chi connectivity index (χ0v) is 21.5. The number of halogens is 1. The Morgan fingerprint density at radius 1 is 1.33 bits per heavy atom. The number of hydrogen-bond donors (Lipinski definition) is 2. The maximum Gasteiger partial charge on any atom is 0.325 e. The maximum absolute atomic E-state index is 13.5. The Labute approximate surface area is 213 Å². The molecule has 2 aromatic heterocycles. The second-order valence-electron chi connectivity index (χ2n) is 9.46. The highest BCUT2D eigenvalue weighted by Crippen LogP contribution is 2.33. The van der Waals surface area contributed by atoms with Crippen molar-refractivity contribution in [3.63, 3.8) is 0 Å². The van der Waals surface area contributed by atoms with E-state index in [2.05, 4.69) is 15.3 Å². The topological polar surface area (TPSA) is 117 Å². The normalized spacial score (nSPS) is 17.8. The van der Waals surface area contributed by atoms with E-state index in [0.717, 1.165) is 21.8 Å². The van der Waals surface area contributed by atoms with Crippen molar-refractivity contribution in [2.24, 2.45) is 0 Å². The van der Waals surface area contributed by atoms with E-state index >= 15 is 0 Å². The summed E-state index contributed by atoms with van der Waals surface area (Å²) in [6.07, 6.45) is 3.41. The van der Waals surface area contributed by atoms with Crippen LogP contribution in [0.2, 0.25) is 5.02 Å². The van der Waals surface area contributed by atoms with E-state index in [0.29, 0.717) is 17.3 Å². The highest BCUT2D eigenvalue weighted by Gasteiger charge is 2.39. The Kier molecular flexibility index (Phi) is 7.49. The van der Waals surface area contributed by atoms with Gasteiger partial charge in [-0.1, -0.05) is 11.6 Å². The average molecular weight is 516 g/mol. The summed E-state index contributed by atoms with van der Waals surface area (Å²) in [7, 11) is 1.54. The second-order valence-corrected chi connectivity index (χ2v) is 9.89. The number of fused-ring (bicyclic) bond motifs is 3. The van der Waals surface area contributed by atoms with Crippen molar-refractivity contribution in [2.75, 3.05) is 45.2 Å². The lowest BCUT2D eigenvalue weighted by molar-refractivity contribution is -0.154. The highest BCUT2D eigenvalue weighted by molar-refractivity contribution is 6.33. The molecule has 36 heavy (non-hydrogen) atoms. The number of ether oxygens (including phenoxy) is 2. The van der Waals surface area contributed by atoms with Crippen molar-refractivity contribution in [3.8, 4) is 0 Å². The summed E-state index contributed by atoms with van der Waals surface area (Å²) < 4.78 is 10.9. The lowest BCUT2D eigenvalue weighted by Gasteiger charge is -2.42. The van der Waals surface area contributed by atoms with Gasteiger partial charge in [0.2, 0.25) is 11.8 Å². The van der Waals surface area contributed by atoms with Gasteiger partial charge in [0.15, 0.2) is 0 Å². The molecule has 1 saturated heterocycles. The first-order valence-electron chi connectivity index (χ1n) is 11.7. The SMILES string of the molecule is CCOC(=O)CN(C)C(=O)CN1CC(C)(C)OC[C@H]1C(=O)Nc1cc(Cl)cc2c1[nH]c1cnccc12.